The van der Waals surface area contributed by atoms with Gasteiger partial charge < -0.3 is 18.5 Å². The summed E-state index contributed by atoms with van der Waals surface area (Å²) in [6.07, 6.45) is 5.39. The minimum atomic E-state index is 0. The normalized spacial score (nSPS) is 17.2. The Morgan fingerprint density at radius 1 is 1.38 bits per heavy atom. The van der Waals surface area contributed by atoms with Gasteiger partial charge in [-0.3, -0.25) is 5.01 Å². The van der Waals surface area contributed by atoms with E-state index in [1.54, 1.807) is 17.4 Å². The van der Waals surface area contributed by atoms with E-state index in [0.717, 1.165) is 17.7 Å². The Bertz CT molecular complexity index is 360. The zero-order valence-corrected chi connectivity index (χ0v) is 10.9. The third-order valence-electron chi connectivity index (χ3n) is 2.03. The van der Waals surface area contributed by atoms with E-state index in [-0.39, 0.29) is 32.4 Å². The maximum atomic E-state index is 4.38. The predicted molar refractivity (Wildman–Crippen MR) is 66.9 cm³/mol. The molecule has 4 nitrogen and oxygen atoms in total. The number of hydrogen-bond donors (Lipinski definition) is 0. The van der Waals surface area contributed by atoms with Crippen LogP contribution >= 0.6 is 0 Å². The van der Waals surface area contributed by atoms with E-state index in [1.165, 1.54) is 0 Å². The molecule has 0 saturated heterocycles. The summed E-state index contributed by atoms with van der Waals surface area (Å²) < 4.78 is 0. The van der Waals surface area contributed by atoms with Gasteiger partial charge in [0.2, 0.25) is 0 Å². The van der Waals surface area contributed by atoms with Gasteiger partial charge in [0.15, 0.2) is 0 Å². The number of amidine groups is 2. The van der Waals surface area contributed by atoms with Gasteiger partial charge in [0.1, 0.15) is 5.84 Å². The molecule has 0 amide bonds. The van der Waals surface area contributed by atoms with Crippen LogP contribution in [0.4, 0.5) is 0 Å². The van der Waals surface area contributed by atoms with E-state index in [2.05, 4.69) is 28.9 Å². The molecule has 0 fully saturated rings. The summed E-state index contributed by atoms with van der Waals surface area (Å²) in [7, 11) is 0. The number of hydrogen-bond acceptors (Lipinski definition) is 5. The third-order valence-corrected chi connectivity index (χ3v) is 2.03. The van der Waals surface area contributed by atoms with Crippen molar-refractivity contribution in [2.45, 2.75) is 20.8 Å². The summed E-state index contributed by atoms with van der Waals surface area (Å²) in [4.78, 5) is 8.68. The average molecular weight is 229 g/mol. The maximum Gasteiger partial charge on any atom is 1.00 e. The molecule has 0 aromatic carbocycles. The van der Waals surface area contributed by atoms with Crippen molar-refractivity contribution in [1.82, 2.24) is 5.01 Å². The topological polar surface area (TPSA) is 40.3 Å². The smallest absolute Gasteiger partial charge is 0.813 e. The van der Waals surface area contributed by atoms with Gasteiger partial charge in [-0.1, -0.05) is 32.9 Å². The monoisotopic (exact) mass is 229 g/mol. The zero-order valence-electron chi connectivity index (χ0n) is 10.0. The fourth-order valence-electron chi connectivity index (χ4n) is 1.37. The SMILES string of the molecule is C[C-]1C=NN2C(=N1)C=CN=C2C(C)C.[Li+].[SH-]. The minimum Gasteiger partial charge on any atom is -0.813 e. The Kier molecular flexibility index (Phi) is 5.94. The van der Waals surface area contributed by atoms with E-state index in [0.29, 0.717) is 5.92 Å². The number of rotatable bonds is 1. The number of hydrazone groups is 1. The molecule has 82 valence electrons. The fraction of sp³-hybridized carbons (Fsp3) is 0.400. The van der Waals surface area contributed by atoms with Gasteiger partial charge in [-0.05, 0) is 6.21 Å². The molecule has 0 unspecified atom stereocenters. The van der Waals surface area contributed by atoms with Gasteiger partial charge in [-0.25, -0.2) is 10.1 Å². The summed E-state index contributed by atoms with van der Waals surface area (Å²) in [6, 6.07) is 0.922. The molecule has 2 rings (SSSR count). The van der Waals surface area contributed by atoms with E-state index in [1.807, 2.05) is 13.0 Å². The quantitative estimate of drug-likeness (QED) is 0.239. The molecule has 2 heterocycles. The minimum absolute atomic E-state index is 0. The van der Waals surface area contributed by atoms with Gasteiger partial charge in [0.25, 0.3) is 0 Å². The molecule has 0 aromatic rings. The second-order valence-corrected chi connectivity index (χ2v) is 3.63. The molecule has 0 bridgehead atoms. The van der Waals surface area contributed by atoms with Crippen LogP contribution in [0.3, 0.4) is 0 Å². The van der Waals surface area contributed by atoms with Crippen molar-refractivity contribution >= 4 is 31.4 Å². The molecule has 0 aromatic heterocycles. The number of thiol groups is 1. The van der Waals surface area contributed by atoms with Crippen LogP contribution in [0.2, 0.25) is 0 Å². The molecule has 6 heteroatoms. The first-order valence-corrected chi connectivity index (χ1v) is 4.69. The molecule has 0 radical (unpaired) electrons. The Morgan fingerprint density at radius 2 is 2.06 bits per heavy atom. The van der Waals surface area contributed by atoms with Crippen molar-refractivity contribution in [1.29, 1.82) is 0 Å². The van der Waals surface area contributed by atoms with Crippen molar-refractivity contribution < 1.29 is 18.9 Å². The van der Waals surface area contributed by atoms with E-state index in [4.69, 9.17) is 0 Å². The Labute approximate surface area is 115 Å². The number of nitrogens with zero attached hydrogens (tertiary/aromatic N) is 4. The van der Waals surface area contributed by atoms with Crippen LogP contribution in [-0.4, -0.2) is 22.9 Å². The van der Waals surface area contributed by atoms with Crippen LogP contribution in [-0.2, 0) is 13.5 Å². The van der Waals surface area contributed by atoms with E-state index in [9.17, 15) is 0 Å². The fourth-order valence-corrected chi connectivity index (χ4v) is 1.37. The second-order valence-electron chi connectivity index (χ2n) is 3.63. The Hall–Kier alpha value is -0.633. The molecular weight excluding hydrogens is 215 g/mol. The first-order valence-electron chi connectivity index (χ1n) is 4.69. The van der Waals surface area contributed by atoms with Crippen LogP contribution in [0.1, 0.15) is 20.8 Å². The number of aliphatic imine (C=N–C) groups is 2. The third kappa shape index (κ3) is 2.94. The first kappa shape index (κ1) is 15.4. The van der Waals surface area contributed by atoms with Gasteiger partial charge in [0.05, 0.1) is 0 Å². The molecule has 16 heavy (non-hydrogen) atoms. The van der Waals surface area contributed by atoms with E-state index < -0.39 is 0 Å². The van der Waals surface area contributed by atoms with Crippen molar-refractivity contribution in [3.8, 4) is 0 Å². The summed E-state index contributed by atoms with van der Waals surface area (Å²) in [5.41, 5.74) is 0. The standard InChI is InChI=1S/C10H13N4.Li.H2S/c1-7(2)10-11-5-4-9-13-8(3)6-12-14(9)10;;/h4-7H,1-3H3;;1H2/q-1;+1;/p-1. The van der Waals surface area contributed by atoms with Gasteiger partial charge >= 0.3 is 18.9 Å². The molecule has 0 aliphatic carbocycles. The van der Waals surface area contributed by atoms with Gasteiger partial charge in [0, 0.05) is 18.0 Å². The summed E-state index contributed by atoms with van der Waals surface area (Å²) in [6.45, 7) is 6.12. The Balaban J connectivity index is 0.00000112. The molecular formula is C10H14LiN4S-. The van der Waals surface area contributed by atoms with E-state index >= 15 is 0 Å². The second kappa shape index (κ2) is 6.19. The van der Waals surface area contributed by atoms with Crippen molar-refractivity contribution in [2.24, 2.45) is 21.0 Å². The molecule has 0 saturated carbocycles. The van der Waals surface area contributed by atoms with Crippen LogP contribution in [0.15, 0.2) is 27.4 Å². The van der Waals surface area contributed by atoms with Crippen molar-refractivity contribution in [2.75, 3.05) is 0 Å². The van der Waals surface area contributed by atoms with Crippen LogP contribution in [0, 0.1) is 12.0 Å². The zero-order chi connectivity index (χ0) is 10.1. The van der Waals surface area contributed by atoms with Crippen LogP contribution < -0.4 is 18.9 Å². The van der Waals surface area contributed by atoms with Gasteiger partial charge in [-0.2, -0.15) is 0 Å². The molecule has 2 aliphatic rings. The molecule has 0 N–H and O–H groups in total. The summed E-state index contributed by atoms with van der Waals surface area (Å²) in [5.74, 6) is 2.14. The van der Waals surface area contributed by atoms with Crippen LogP contribution in [0.25, 0.3) is 0 Å². The molecule has 0 spiro atoms. The number of fused-ring (bicyclic) bond motifs is 1. The first-order chi connectivity index (χ1) is 6.68. The van der Waals surface area contributed by atoms with Crippen molar-refractivity contribution in [3.63, 3.8) is 0 Å². The molecule has 2 aliphatic heterocycles. The molecule has 0 atom stereocenters. The maximum absolute atomic E-state index is 4.38. The average Bonchev–Trinajstić information content (AvgIpc) is 2.16. The predicted octanol–water partition coefficient (Wildman–Crippen LogP) is -1.45. The van der Waals surface area contributed by atoms with Crippen molar-refractivity contribution in [3.05, 3.63) is 18.3 Å². The Morgan fingerprint density at radius 3 is 2.69 bits per heavy atom. The van der Waals surface area contributed by atoms with Gasteiger partial charge in [-0.15, -0.1) is 0 Å². The van der Waals surface area contributed by atoms with Crippen LogP contribution in [0.5, 0.6) is 0 Å². The summed E-state index contributed by atoms with van der Waals surface area (Å²) in [5, 5.41) is 6.08. The summed E-state index contributed by atoms with van der Waals surface area (Å²) >= 11 is 0. The largest absolute Gasteiger partial charge is 1.00 e.